The van der Waals surface area contributed by atoms with Gasteiger partial charge in [-0.15, -0.1) is 0 Å². The number of likely N-dealkylation sites (N-methyl/N-ethyl adjacent to an activating group) is 1. The Bertz CT molecular complexity index is 168. The van der Waals surface area contributed by atoms with E-state index in [1.54, 1.807) is 0 Å². The van der Waals surface area contributed by atoms with Gasteiger partial charge in [-0.25, -0.2) is 0 Å². The molecule has 0 saturated carbocycles. The van der Waals surface area contributed by atoms with Crippen molar-refractivity contribution in [2.75, 3.05) is 20.2 Å². The van der Waals surface area contributed by atoms with Crippen molar-refractivity contribution in [3.63, 3.8) is 0 Å². The zero-order valence-corrected chi connectivity index (χ0v) is 10.3. The van der Waals surface area contributed by atoms with Crippen LogP contribution in [-0.4, -0.2) is 37.2 Å². The van der Waals surface area contributed by atoms with Crippen molar-refractivity contribution >= 4 is 0 Å². The molecule has 0 aliphatic carbocycles. The van der Waals surface area contributed by atoms with Gasteiger partial charge in [-0.05, 0) is 25.3 Å². The van der Waals surface area contributed by atoms with Gasteiger partial charge in [0, 0.05) is 19.2 Å². The average Bonchev–Trinajstić information content (AvgIpc) is 2.26. The average molecular weight is 199 g/mol. The quantitative estimate of drug-likeness (QED) is 0.677. The Kier molecular flexibility index (Phi) is 4.39. The van der Waals surface area contributed by atoms with Crippen LogP contribution in [0.2, 0.25) is 0 Å². The Morgan fingerprint density at radius 2 is 1.79 bits per heavy atom. The van der Waals surface area contributed by atoms with Crippen LogP contribution in [0.5, 0.6) is 0 Å². The summed E-state index contributed by atoms with van der Waals surface area (Å²) in [4.78, 5) is 2.47. The molecule has 14 heavy (non-hydrogen) atoms. The molecule has 0 N–H and O–H groups in total. The molecule has 1 aliphatic rings. The molecule has 1 saturated heterocycles. The van der Waals surface area contributed by atoms with Crippen LogP contribution in [0.25, 0.3) is 0 Å². The minimum atomic E-state index is 0.405. The molecule has 0 radical (unpaired) electrons. The highest BCUT2D eigenvalue weighted by Crippen LogP contribution is 2.24. The van der Waals surface area contributed by atoms with E-state index in [-0.39, 0.29) is 0 Å². The van der Waals surface area contributed by atoms with Crippen LogP contribution in [0, 0.1) is 11.8 Å². The first-order chi connectivity index (χ1) is 6.54. The highest BCUT2D eigenvalue weighted by molar-refractivity contribution is 4.85. The summed E-state index contributed by atoms with van der Waals surface area (Å²) < 4.78 is 5.97. The van der Waals surface area contributed by atoms with Crippen molar-refractivity contribution in [2.24, 2.45) is 11.8 Å². The first-order valence-electron chi connectivity index (χ1n) is 5.86. The predicted molar refractivity (Wildman–Crippen MR) is 60.5 cm³/mol. The fourth-order valence-corrected chi connectivity index (χ4v) is 2.51. The number of hydrogen-bond donors (Lipinski definition) is 0. The fourth-order valence-electron chi connectivity index (χ4n) is 2.51. The normalized spacial score (nSPS) is 31.1. The number of hydrogen-bond acceptors (Lipinski definition) is 2. The molecule has 0 bridgehead atoms. The van der Waals surface area contributed by atoms with E-state index < -0.39 is 0 Å². The topological polar surface area (TPSA) is 12.5 Å². The van der Waals surface area contributed by atoms with Gasteiger partial charge in [-0.3, -0.25) is 0 Å². The summed E-state index contributed by atoms with van der Waals surface area (Å²) in [7, 11) is 2.23. The second-order valence-corrected chi connectivity index (χ2v) is 5.15. The maximum atomic E-state index is 5.97. The third kappa shape index (κ3) is 2.71. The smallest absolute Gasteiger partial charge is 0.0755 e. The Morgan fingerprint density at radius 3 is 2.29 bits per heavy atom. The van der Waals surface area contributed by atoms with Gasteiger partial charge >= 0.3 is 0 Å². The second kappa shape index (κ2) is 5.13. The van der Waals surface area contributed by atoms with Crippen LogP contribution < -0.4 is 0 Å². The Morgan fingerprint density at radius 1 is 1.14 bits per heavy atom. The number of nitrogens with zero attached hydrogens (tertiary/aromatic N) is 1. The lowest BCUT2D eigenvalue weighted by molar-refractivity contribution is -0.0230. The largest absolute Gasteiger partial charge is 0.376 e. The molecular formula is C12H25NO. The first kappa shape index (κ1) is 12.0. The molecule has 2 unspecified atom stereocenters. The molecule has 0 spiro atoms. The summed E-state index contributed by atoms with van der Waals surface area (Å²) in [5.41, 5.74) is 0. The molecule has 1 heterocycles. The van der Waals surface area contributed by atoms with Crippen molar-refractivity contribution in [1.82, 2.24) is 4.90 Å². The third-order valence-electron chi connectivity index (χ3n) is 3.15. The summed E-state index contributed by atoms with van der Waals surface area (Å²) in [5, 5.41) is 0. The van der Waals surface area contributed by atoms with Gasteiger partial charge in [-0.2, -0.15) is 0 Å². The maximum absolute atomic E-state index is 5.97. The van der Waals surface area contributed by atoms with Gasteiger partial charge in [-0.1, -0.05) is 27.7 Å². The lowest BCUT2D eigenvalue weighted by Gasteiger charge is -2.36. The minimum Gasteiger partial charge on any atom is -0.376 e. The van der Waals surface area contributed by atoms with Crippen molar-refractivity contribution in [3.05, 3.63) is 0 Å². The van der Waals surface area contributed by atoms with Crippen molar-refractivity contribution in [3.8, 4) is 0 Å². The van der Waals surface area contributed by atoms with Gasteiger partial charge < -0.3 is 9.64 Å². The number of rotatable bonds is 2. The van der Waals surface area contributed by atoms with E-state index in [1.807, 2.05) is 0 Å². The van der Waals surface area contributed by atoms with Crippen LogP contribution in [0.1, 0.15) is 34.1 Å². The minimum absolute atomic E-state index is 0.405. The lowest BCUT2D eigenvalue weighted by Crippen LogP contribution is -2.46. The summed E-state index contributed by atoms with van der Waals surface area (Å²) in [5.74, 6) is 1.29. The SMILES string of the molecule is CC(C)C1OCCCN(C)C1C(C)C. The van der Waals surface area contributed by atoms with E-state index in [0.717, 1.165) is 6.61 Å². The zero-order chi connectivity index (χ0) is 10.7. The standard InChI is InChI=1S/C12H25NO/c1-9(2)11-12(10(3)4)14-8-6-7-13(11)5/h9-12H,6-8H2,1-5H3. The molecular weight excluding hydrogens is 174 g/mol. The molecule has 0 amide bonds. The van der Waals surface area contributed by atoms with Crippen LogP contribution in [-0.2, 0) is 4.74 Å². The van der Waals surface area contributed by atoms with Crippen molar-refractivity contribution < 1.29 is 4.74 Å². The zero-order valence-electron chi connectivity index (χ0n) is 10.3. The first-order valence-corrected chi connectivity index (χ1v) is 5.86. The maximum Gasteiger partial charge on any atom is 0.0755 e. The Balaban J connectivity index is 2.75. The van der Waals surface area contributed by atoms with Gasteiger partial charge in [0.15, 0.2) is 0 Å². The highest BCUT2D eigenvalue weighted by Gasteiger charge is 2.32. The molecule has 1 fully saturated rings. The van der Waals surface area contributed by atoms with E-state index in [2.05, 4.69) is 39.6 Å². The summed E-state index contributed by atoms with van der Waals surface area (Å²) >= 11 is 0. The highest BCUT2D eigenvalue weighted by atomic mass is 16.5. The van der Waals surface area contributed by atoms with Crippen molar-refractivity contribution in [1.29, 1.82) is 0 Å². The van der Waals surface area contributed by atoms with Crippen LogP contribution in [0.4, 0.5) is 0 Å². The molecule has 1 aliphatic heterocycles. The molecule has 0 aromatic rings. The summed E-state index contributed by atoms with van der Waals surface area (Å²) in [6, 6.07) is 0.581. The summed E-state index contributed by atoms with van der Waals surface area (Å²) in [6.45, 7) is 11.2. The monoisotopic (exact) mass is 199 g/mol. The van der Waals surface area contributed by atoms with Crippen LogP contribution >= 0.6 is 0 Å². The van der Waals surface area contributed by atoms with E-state index in [4.69, 9.17) is 4.74 Å². The molecule has 2 nitrogen and oxygen atoms in total. The molecule has 2 heteroatoms. The second-order valence-electron chi connectivity index (χ2n) is 5.15. The van der Waals surface area contributed by atoms with Crippen LogP contribution in [0.3, 0.4) is 0 Å². The predicted octanol–water partition coefficient (Wildman–Crippen LogP) is 2.39. The van der Waals surface area contributed by atoms with E-state index in [9.17, 15) is 0 Å². The van der Waals surface area contributed by atoms with Gasteiger partial charge in [0.1, 0.15) is 0 Å². The molecule has 0 aromatic carbocycles. The Labute approximate surface area is 88.6 Å². The molecule has 1 rings (SSSR count). The van der Waals surface area contributed by atoms with Crippen LogP contribution in [0.15, 0.2) is 0 Å². The van der Waals surface area contributed by atoms with Gasteiger partial charge in [0.05, 0.1) is 6.10 Å². The molecule has 2 atom stereocenters. The fraction of sp³-hybridized carbons (Fsp3) is 1.00. The third-order valence-corrected chi connectivity index (χ3v) is 3.15. The van der Waals surface area contributed by atoms with Crippen molar-refractivity contribution in [2.45, 2.75) is 46.3 Å². The molecule has 0 aromatic heterocycles. The Hall–Kier alpha value is -0.0800. The molecule has 84 valence electrons. The van der Waals surface area contributed by atoms with Gasteiger partial charge in [0.2, 0.25) is 0 Å². The summed E-state index contributed by atoms with van der Waals surface area (Å²) in [6.07, 6.45) is 1.57. The van der Waals surface area contributed by atoms with Gasteiger partial charge in [0.25, 0.3) is 0 Å². The lowest BCUT2D eigenvalue weighted by atomic mass is 9.90. The number of ether oxygens (including phenoxy) is 1. The van der Waals surface area contributed by atoms with E-state index >= 15 is 0 Å². The van der Waals surface area contributed by atoms with E-state index in [0.29, 0.717) is 24.0 Å². The van der Waals surface area contributed by atoms with E-state index in [1.165, 1.54) is 13.0 Å².